The Kier molecular flexibility index (Phi) is 9.59. The molecule has 2 aliphatic rings. The van der Waals surface area contributed by atoms with Gasteiger partial charge < -0.3 is 15.4 Å². The van der Waals surface area contributed by atoms with Gasteiger partial charge >= 0.3 is 18.8 Å². The van der Waals surface area contributed by atoms with E-state index in [1.807, 2.05) is 0 Å². The number of piperidine rings is 1. The number of rotatable bonds is 9. The molecule has 1 saturated carbocycles. The molecule has 0 bridgehead atoms. The minimum atomic E-state index is -4.38. The quantitative estimate of drug-likeness (QED) is 0.386. The van der Waals surface area contributed by atoms with Crippen LogP contribution in [0.4, 0.5) is 32.7 Å². The maximum Gasteiger partial charge on any atom is 0.407 e. The summed E-state index contributed by atoms with van der Waals surface area (Å²) in [5.41, 5.74) is 0.768. The van der Waals surface area contributed by atoms with Gasteiger partial charge in [0.1, 0.15) is 11.0 Å². The van der Waals surface area contributed by atoms with Crippen molar-refractivity contribution in [3.05, 3.63) is 29.3 Å². The highest BCUT2D eigenvalue weighted by Crippen LogP contribution is 2.36. The van der Waals surface area contributed by atoms with Crippen molar-refractivity contribution in [2.75, 3.05) is 18.4 Å². The Balaban J connectivity index is 1.25. The molecule has 0 spiro atoms. The number of carbonyl (C=O) groups is 1. The third kappa shape index (κ3) is 7.65. The van der Waals surface area contributed by atoms with Crippen molar-refractivity contribution in [2.45, 2.75) is 101 Å². The minimum absolute atomic E-state index is 0.0271. The number of anilines is 1. The normalized spacial score (nSPS) is 21.5. The number of aromatic nitrogens is 4. The lowest BCUT2D eigenvalue weighted by Gasteiger charge is -2.31. The molecule has 1 saturated heterocycles. The molecule has 42 heavy (non-hydrogen) atoms. The summed E-state index contributed by atoms with van der Waals surface area (Å²) < 4.78 is 97.1. The molecule has 11 nitrogen and oxygen atoms in total. The van der Waals surface area contributed by atoms with Crippen molar-refractivity contribution in [2.24, 2.45) is 0 Å². The van der Waals surface area contributed by atoms with E-state index in [0.29, 0.717) is 42.7 Å². The molecule has 0 unspecified atom stereocenters. The minimum Gasteiger partial charge on any atom is -0.446 e. The monoisotopic (exact) mass is 623 g/mol. The summed E-state index contributed by atoms with van der Waals surface area (Å²) in [5.74, 6) is 0.396. The van der Waals surface area contributed by atoms with Gasteiger partial charge in [-0.1, -0.05) is 0 Å². The number of sulfonamides is 1. The van der Waals surface area contributed by atoms with Crippen LogP contribution in [0.1, 0.15) is 74.9 Å². The number of hydrogen-bond donors (Lipinski definition) is 2. The van der Waals surface area contributed by atoms with Gasteiger partial charge in [0.05, 0.1) is 17.8 Å². The Bertz CT molecular complexity index is 1350. The first-order valence-electron chi connectivity index (χ1n) is 13.6. The summed E-state index contributed by atoms with van der Waals surface area (Å²) >= 11 is 0. The second kappa shape index (κ2) is 12.7. The molecule has 0 radical (unpaired) electrons. The third-order valence-electron chi connectivity index (χ3n) is 7.53. The Morgan fingerprint density at radius 3 is 2.33 bits per heavy atom. The number of alkyl carbamates (subject to hydrolysis) is 1. The van der Waals surface area contributed by atoms with Crippen molar-refractivity contribution in [1.29, 1.82) is 0 Å². The van der Waals surface area contributed by atoms with Crippen molar-refractivity contribution >= 4 is 22.1 Å². The van der Waals surface area contributed by atoms with E-state index in [4.69, 9.17) is 4.74 Å². The number of nitrogens with one attached hydrogen (secondary N) is 2. The first-order chi connectivity index (χ1) is 19.6. The van der Waals surface area contributed by atoms with E-state index in [1.54, 1.807) is 12.4 Å². The summed E-state index contributed by atoms with van der Waals surface area (Å²) in [6.07, 6.45) is -0.810. The smallest absolute Gasteiger partial charge is 0.407 e. The van der Waals surface area contributed by atoms with Crippen molar-refractivity contribution in [1.82, 2.24) is 29.4 Å². The number of ether oxygens (including phenoxy) is 1. The molecule has 1 aliphatic carbocycles. The van der Waals surface area contributed by atoms with Crippen LogP contribution < -0.4 is 10.6 Å². The number of amides is 1. The Morgan fingerprint density at radius 1 is 1.12 bits per heavy atom. The molecule has 2 aromatic rings. The zero-order valence-electron chi connectivity index (χ0n) is 23.4. The van der Waals surface area contributed by atoms with Gasteiger partial charge in [-0.3, -0.25) is 0 Å². The predicted octanol–water partition coefficient (Wildman–Crippen LogP) is 4.65. The SMILES string of the molecule is Cc1nn(C(F)F)c(C)c1S(=O)(=O)N1CCC(Nc2ncc([C@@H]3CC[C@H](OC(=O)N[C@@H](C)CC(F)(F)F)C3)cn2)CC1. The fourth-order valence-corrected chi connectivity index (χ4v) is 7.35. The van der Waals surface area contributed by atoms with Crippen LogP contribution in [-0.2, 0) is 14.8 Å². The molecule has 0 aromatic carbocycles. The van der Waals surface area contributed by atoms with Gasteiger partial charge in [0.15, 0.2) is 0 Å². The molecule has 2 N–H and O–H groups in total. The predicted molar refractivity (Wildman–Crippen MR) is 141 cm³/mol. The molecule has 234 valence electrons. The average molecular weight is 624 g/mol. The number of aryl methyl sites for hydroxylation is 1. The molecule has 3 atom stereocenters. The second-order valence-corrected chi connectivity index (χ2v) is 12.7. The van der Waals surface area contributed by atoms with E-state index < -0.39 is 47.4 Å². The van der Waals surface area contributed by atoms with E-state index in [1.165, 1.54) is 25.1 Å². The largest absolute Gasteiger partial charge is 0.446 e. The Hall–Kier alpha value is -3.08. The molecule has 3 heterocycles. The van der Waals surface area contributed by atoms with Crippen LogP contribution in [0.3, 0.4) is 0 Å². The molecule has 2 aromatic heterocycles. The van der Waals surface area contributed by atoms with Gasteiger partial charge in [-0.25, -0.2) is 27.9 Å². The molecular formula is C25H34F5N7O4S. The van der Waals surface area contributed by atoms with E-state index >= 15 is 0 Å². The van der Waals surface area contributed by atoms with Gasteiger partial charge in [-0.15, -0.1) is 0 Å². The topological polar surface area (TPSA) is 131 Å². The maximum atomic E-state index is 13.2. The Labute approximate surface area is 240 Å². The molecular weight excluding hydrogens is 589 g/mol. The van der Waals surface area contributed by atoms with Crippen LogP contribution in [0, 0.1) is 13.8 Å². The highest BCUT2D eigenvalue weighted by atomic mass is 32.2. The fraction of sp³-hybridized carbons (Fsp3) is 0.680. The van der Waals surface area contributed by atoms with E-state index in [0.717, 1.165) is 5.56 Å². The van der Waals surface area contributed by atoms with Crippen LogP contribution in [0.25, 0.3) is 0 Å². The fourth-order valence-electron chi connectivity index (χ4n) is 5.52. The van der Waals surface area contributed by atoms with Crippen molar-refractivity contribution < 1.29 is 39.9 Å². The summed E-state index contributed by atoms with van der Waals surface area (Å²) in [4.78, 5) is 20.5. The number of carbonyl (C=O) groups excluding carboxylic acids is 1. The van der Waals surface area contributed by atoms with Gasteiger partial charge in [0.2, 0.25) is 16.0 Å². The van der Waals surface area contributed by atoms with Gasteiger partial charge in [-0.2, -0.15) is 31.4 Å². The summed E-state index contributed by atoms with van der Waals surface area (Å²) in [6.45, 7) is 1.40. The van der Waals surface area contributed by atoms with Crippen LogP contribution in [0.2, 0.25) is 0 Å². The van der Waals surface area contributed by atoms with E-state index in [-0.39, 0.29) is 41.3 Å². The highest BCUT2D eigenvalue weighted by molar-refractivity contribution is 7.89. The second-order valence-electron chi connectivity index (χ2n) is 10.8. The van der Waals surface area contributed by atoms with Crippen LogP contribution >= 0.6 is 0 Å². The first kappa shape index (κ1) is 31.8. The lowest BCUT2D eigenvalue weighted by molar-refractivity contribution is -0.138. The van der Waals surface area contributed by atoms with Crippen LogP contribution in [0.5, 0.6) is 0 Å². The number of nitrogens with zero attached hydrogens (tertiary/aromatic N) is 5. The van der Waals surface area contributed by atoms with Gasteiger partial charge in [0.25, 0.3) is 0 Å². The highest BCUT2D eigenvalue weighted by Gasteiger charge is 2.35. The zero-order valence-corrected chi connectivity index (χ0v) is 24.2. The number of alkyl halides is 5. The number of hydrogen-bond acceptors (Lipinski definition) is 8. The van der Waals surface area contributed by atoms with Crippen molar-refractivity contribution in [3.8, 4) is 0 Å². The molecule has 1 amide bonds. The van der Waals surface area contributed by atoms with E-state index in [9.17, 15) is 35.2 Å². The van der Waals surface area contributed by atoms with Gasteiger partial charge in [-0.05, 0) is 64.4 Å². The number of halogens is 5. The average Bonchev–Trinajstić information content (AvgIpc) is 3.47. The molecule has 1 aliphatic heterocycles. The standard InChI is InChI=1S/C25H34F5N7O4S/c1-14(11-25(28,29)30)33-24(38)41-20-5-4-17(10-20)18-12-31-23(32-13-18)34-19-6-8-36(9-7-19)42(39,40)21-15(2)35-37(16(21)3)22(26)27/h12-14,17,19-20,22H,4-11H2,1-3H3,(H,33,38)(H,31,32,34)/t14-,17+,20-/m0/s1. The summed E-state index contributed by atoms with van der Waals surface area (Å²) in [7, 11) is -4.00. The molecule has 4 rings (SSSR count). The van der Waals surface area contributed by atoms with Crippen molar-refractivity contribution in [3.63, 3.8) is 0 Å². The lowest BCUT2D eigenvalue weighted by Crippen LogP contribution is -2.42. The summed E-state index contributed by atoms with van der Waals surface area (Å²) in [6, 6.07) is -1.19. The lowest BCUT2D eigenvalue weighted by atomic mass is 10.0. The molecule has 2 fully saturated rings. The Morgan fingerprint density at radius 2 is 1.76 bits per heavy atom. The molecule has 17 heteroatoms. The first-order valence-corrected chi connectivity index (χ1v) is 15.0. The zero-order chi connectivity index (χ0) is 30.8. The third-order valence-corrected chi connectivity index (χ3v) is 9.68. The van der Waals surface area contributed by atoms with Gasteiger partial charge in [0, 0.05) is 37.6 Å². The van der Waals surface area contributed by atoms with Crippen LogP contribution in [-0.4, -0.2) is 76.0 Å². The van der Waals surface area contributed by atoms with E-state index in [2.05, 4.69) is 25.7 Å². The summed E-state index contributed by atoms with van der Waals surface area (Å²) in [5, 5.41) is 9.10. The van der Waals surface area contributed by atoms with Crippen LogP contribution in [0.15, 0.2) is 17.3 Å². The maximum absolute atomic E-state index is 13.2.